The van der Waals surface area contributed by atoms with E-state index in [2.05, 4.69) is 59.6 Å². The Morgan fingerprint density at radius 2 is 1.90 bits per heavy atom. The number of hydrogen-bond acceptors (Lipinski definition) is 4. The average Bonchev–Trinajstić information content (AvgIpc) is 3.62. The fourth-order valence-corrected chi connectivity index (χ4v) is 9.46. The number of piperidine rings is 1. The molecule has 216 valence electrons. The molecule has 2 amide bonds. The number of hydrogen-bond donors (Lipinski definition) is 2. The highest BCUT2D eigenvalue weighted by Gasteiger charge is 2.60. The second-order valence-electron chi connectivity index (χ2n) is 12.8. The Hall–Kier alpha value is -2.49. The van der Waals surface area contributed by atoms with Crippen LogP contribution in [0.5, 0.6) is 0 Å². The van der Waals surface area contributed by atoms with Gasteiger partial charge in [-0.25, -0.2) is 9.69 Å². The van der Waals surface area contributed by atoms with Crippen LogP contribution >= 0.6 is 11.3 Å². The van der Waals surface area contributed by atoms with Crippen LogP contribution in [-0.2, 0) is 21.5 Å². The lowest BCUT2D eigenvalue weighted by Crippen LogP contribution is -3.01. The quantitative estimate of drug-likeness (QED) is 0.589. The first-order chi connectivity index (χ1) is 19.4. The van der Waals surface area contributed by atoms with Crippen LogP contribution in [0.4, 0.5) is 9.93 Å². The monoisotopic (exact) mass is 568 g/mol. The SMILES string of the molecule is COC(=O)N1Cc2[nH+]c([NH+](C)C)sc2[C@@]2(C[NH2+]C[C@H]2C(=O)N2CC[C@@H](c3ccccc3)C[C@H]2C2CCCCC2)C1. The van der Waals surface area contributed by atoms with Crippen LogP contribution in [0.25, 0.3) is 0 Å². The number of fused-ring (bicyclic) bond motifs is 2. The minimum absolute atomic E-state index is 0.157. The van der Waals surface area contributed by atoms with Gasteiger partial charge in [0.15, 0.2) is 0 Å². The number of aromatic nitrogens is 1. The van der Waals surface area contributed by atoms with Gasteiger partial charge in [0, 0.05) is 19.1 Å². The lowest BCUT2D eigenvalue weighted by atomic mass is 9.71. The highest BCUT2D eigenvalue weighted by molar-refractivity contribution is 7.14. The predicted octanol–water partition coefficient (Wildman–Crippen LogP) is 1.71. The van der Waals surface area contributed by atoms with Gasteiger partial charge >= 0.3 is 11.2 Å². The van der Waals surface area contributed by atoms with Crippen molar-refractivity contribution in [1.82, 2.24) is 9.80 Å². The lowest BCUT2D eigenvalue weighted by molar-refractivity contribution is -0.823. The van der Waals surface area contributed by atoms with E-state index < -0.39 is 5.41 Å². The van der Waals surface area contributed by atoms with Gasteiger partial charge in [-0.2, -0.15) is 0 Å². The maximum atomic E-state index is 14.8. The molecule has 9 heteroatoms. The van der Waals surface area contributed by atoms with Gasteiger partial charge in [-0.15, -0.1) is 4.98 Å². The lowest BCUT2D eigenvalue weighted by Gasteiger charge is -2.47. The highest BCUT2D eigenvalue weighted by Crippen LogP contribution is 2.46. The largest absolute Gasteiger partial charge is 0.453 e. The van der Waals surface area contributed by atoms with Crippen LogP contribution in [0.2, 0.25) is 0 Å². The summed E-state index contributed by atoms with van der Waals surface area (Å²) in [5, 5.41) is 3.44. The molecule has 8 nitrogen and oxygen atoms in total. The minimum atomic E-state index is -0.402. The molecule has 4 heterocycles. The van der Waals surface area contributed by atoms with E-state index in [9.17, 15) is 9.59 Å². The van der Waals surface area contributed by atoms with Gasteiger partial charge in [0.1, 0.15) is 17.3 Å². The number of carbonyl (C=O) groups is 2. The summed E-state index contributed by atoms with van der Waals surface area (Å²) in [5.41, 5.74) is 2.08. The number of likely N-dealkylation sites (tertiary alicyclic amines) is 1. The third kappa shape index (κ3) is 4.94. The number of nitrogens with zero attached hydrogens (tertiary/aromatic N) is 2. The Morgan fingerprint density at radius 1 is 1.12 bits per heavy atom. The molecular weight excluding hydrogens is 522 g/mol. The van der Waals surface area contributed by atoms with E-state index in [1.165, 1.54) is 54.6 Å². The Kier molecular flexibility index (Phi) is 7.90. The molecule has 1 spiro atoms. The number of ether oxygens (including phenoxy) is 1. The number of benzene rings is 1. The first-order valence-corrected chi connectivity index (χ1v) is 16.1. The van der Waals surface area contributed by atoms with E-state index in [1.807, 2.05) is 0 Å². The zero-order valence-electron chi connectivity index (χ0n) is 24.3. The zero-order valence-corrected chi connectivity index (χ0v) is 25.1. The van der Waals surface area contributed by atoms with Crippen molar-refractivity contribution >= 4 is 28.5 Å². The van der Waals surface area contributed by atoms with Gasteiger partial charge < -0.3 is 15.0 Å². The summed E-state index contributed by atoms with van der Waals surface area (Å²) in [6, 6.07) is 11.2. The molecule has 1 aromatic heterocycles. The molecular formula is C31H46N5O3S+3. The summed E-state index contributed by atoms with van der Waals surface area (Å²) < 4.78 is 5.19. The number of carbonyl (C=O) groups excluding carboxylic acids is 2. The van der Waals surface area contributed by atoms with Crippen molar-refractivity contribution in [1.29, 1.82) is 0 Å². The number of quaternary nitrogens is 2. The van der Waals surface area contributed by atoms with Crippen LogP contribution < -0.4 is 15.2 Å². The van der Waals surface area contributed by atoms with Crippen molar-refractivity contribution in [2.45, 2.75) is 68.9 Å². The van der Waals surface area contributed by atoms with E-state index >= 15 is 0 Å². The molecule has 3 fully saturated rings. The molecule has 4 atom stereocenters. The third-order valence-electron chi connectivity index (χ3n) is 10.2. The Morgan fingerprint density at radius 3 is 2.62 bits per heavy atom. The summed E-state index contributed by atoms with van der Waals surface area (Å²) in [5.74, 6) is 1.24. The standard InChI is InChI=1S/C31H43N5O3S/c1-34(2)29-33-25-18-35(30(38)39-3)20-31(27(25)40-29)19-32-17-24(31)28(37)36-15-14-23(21-10-6-4-7-11-21)16-26(36)22-12-8-5-9-13-22/h4,6-7,10-11,22-24,26,32H,5,8-9,12-20H2,1-3H3/p+3/t23-,24+,26+,31+/m1/s1. The van der Waals surface area contributed by atoms with Crippen molar-refractivity contribution in [3.8, 4) is 0 Å². The molecule has 3 aliphatic heterocycles. The van der Waals surface area contributed by atoms with E-state index in [-0.39, 0.29) is 12.0 Å². The fraction of sp³-hybridized carbons (Fsp3) is 0.645. The van der Waals surface area contributed by atoms with E-state index in [0.29, 0.717) is 36.9 Å². The molecule has 0 bridgehead atoms. The van der Waals surface area contributed by atoms with E-state index in [4.69, 9.17) is 4.74 Å². The maximum Gasteiger partial charge on any atom is 0.426 e. The van der Waals surface area contributed by atoms with Crippen molar-refractivity contribution in [3.63, 3.8) is 0 Å². The molecule has 0 radical (unpaired) electrons. The number of H-pyrrole nitrogens is 1. The second-order valence-corrected chi connectivity index (χ2v) is 13.8. The molecule has 1 aliphatic carbocycles. The Balaban J connectivity index is 1.34. The van der Waals surface area contributed by atoms with Gasteiger partial charge in [0.25, 0.3) is 0 Å². The molecule has 2 aromatic rings. The third-order valence-corrected chi connectivity index (χ3v) is 11.7. The number of methoxy groups -OCH3 is 1. The molecule has 6 rings (SSSR count). The summed E-state index contributed by atoms with van der Waals surface area (Å²) >= 11 is 1.79. The van der Waals surface area contributed by atoms with Crippen molar-refractivity contribution < 1.29 is 29.5 Å². The van der Waals surface area contributed by atoms with Crippen molar-refractivity contribution in [2.24, 2.45) is 11.8 Å². The average molecular weight is 569 g/mol. The highest BCUT2D eigenvalue weighted by atomic mass is 32.1. The summed E-state index contributed by atoms with van der Waals surface area (Å²) in [7, 11) is 5.69. The number of amides is 2. The number of rotatable bonds is 4. The topological polar surface area (TPSA) is 85.0 Å². The molecule has 4 aliphatic rings. The molecule has 40 heavy (non-hydrogen) atoms. The number of nitrogens with one attached hydrogen (secondary N) is 2. The Bertz CT molecular complexity index is 1210. The van der Waals surface area contributed by atoms with Gasteiger partial charge in [-0.1, -0.05) is 49.6 Å². The Labute approximate surface area is 242 Å². The van der Waals surface area contributed by atoms with Crippen LogP contribution in [0.15, 0.2) is 30.3 Å². The van der Waals surface area contributed by atoms with Crippen molar-refractivity contribution in [2.75, 3.05) is 47.4 Å². The molecule has 0 unspecified atom stereocenters. The van der Waals surface area contributed by atoms with Crippen LogP contribution in [0, 0.1) is 11.8 Å². The zero-order chi connectivity index (χ0) is 27.9. The van der Waals surface area contributed by atoms with Gasteiger partial charge in [-0.3, -0.25) is 9.69 Å². The van der Waals surface area contributed by atoms with Crippen LogP contribution in [0.1, 0.15) is 67.0 Å². The van der Waals surface area contributed by atoms with E-state index in [0.717, 1.165) is 43.3 Å². The molecule has 1 aromatic carbocycles. The first kappa shape index (κ1) is 27.7. The number of nitrogens with two attached hydrogens (primary N) is 1. The summed E-state index contributed by atoms with van der Waals surface area (Å²) in [6.45, 7) is 3.44. The smallest absolute Gasteiger partial charge is 0.426 e. The second kappa shape index (κ2) is 11.4. The molecule has 4 N–H and O–H groups in total. The van der Waals surface area contributed by atoms with Crippen molar-refractivity contribution in [3.05, 3.63) is 46.5 Å². The normalized spacial score (nSPS) is 29.1. The van der Waals surface area contributed by atoms with Gasteiger partial charge in [0.2, 0.25) is 11.6 Å². The maximum absolute atomic E-state index is 14.8. The molecule has 2 saturated heterocycles. The number of thiazole rings is 1. The number of aromatic amines is 1. The van der Waals surface area contributed by atoms with Crippen LogP contribution in [0.3, 0.4) is 0 Å². The van der Waals surface area contributed by atoms with Gasteiger partial charge in [0.05, 0.1) is 39.7 Å². The van der Waals surface area contributed by atoms with Crippen LogP contribution in [-0.4, -0.2) is 75.2 Å². The van der Waals surface area contributed by atoms with Gasteiger partial charge in [-0.05, 0) is 54.4 Å². The summed E-state index contributed by atoms with van der Waals surface area (Å²) in [4.78, 5) is 37.9. The predicted molar refractivity (Wildman–Crippen MR) is 153 cm³/mol. The first-order valence-electron chi connectivity index (χ1n) is 15.3. The summed E-state index contributed by atoms with van der Waals surface area (Å²) in [6.07, 6.45) is 8.09. The molecule has 1 saturated carbocycles. The minimum Gasteiger partial charge on any atom is -0.453 e. The van der Waals surface area contributed by atoms with E-state index in [1.54, 1.807) is 16.2 Å². The fourth-order valence-electron chi connectivity index (χ4n) is 8.14.